The number of rotatable bonds is 1. The van der Waals surface area contributed by atoms with E-state index in [4.69, 9.17) is 5.73 Å². The van der Waals surface area contributed by atoms with Crippen LogP contribution in [0.5, 0.6) is 0 Å². The van der Waals surface area contributed by atoms with Gasteiger partial charge in [-0.15, -0.1) is 0 Å². The lowest BCUT2D eigenvalue weighted by Crippen LogP contribution is -1.91. The third-order valence-corrected chi connectivity index (χ3v) is 2.80. The number of nitrogen functional groups attached to an aromatic ring is 1. The third-order valence-electron chi connectivity index (χ3n) is 1.95. The zero-order valence-corrected chi connectivity index (χ0v) is 9.60. The summed E-state index contributed by atoms with van der Waals surface area (Å²) in [7, 11) is 0. The highest BCUT2D eigenvalue weighted by Crippen LogP contribution is 2.24. The van der Waals surface area contributed by atoms with E-state index in [1.807, 2.05) is 24.3 Å². The van der Waals surface area contributed by atoms with Gasteiger partial charge in [0.15, 0.2) is 0 Å². The molecule has 0 aliphatic carbocycles. The van der Waals surface area contributed by atoms with Crippen molar-refractivity contribution in [3.63, 3.8) is 0 Å². The number of nitrogens with zero attached hydrogens (tertiary/aromatic N) is 1. The van der Waals surface area contributed by atoms with E-state index < -0.39 is 0 Å². The molecule has 3 heteroatoms. The predicted octanol–water partition coefficient (Wildman–Crippen LogP) is 2.94. The summed E-state index contributed by atoms with van der Waals surface area (Å²) in [5, 5.41) is 0. The van der Waals surface area contributed by atoms with Crippen LogP contribution in [0.2, 0.25) is 0 Å². The summed E-state index contributed by atoms with van der Waals surface area (Å²) in [5.74, 6) is 0. The maximum absolute atomic E-state index is 5.70. The summed E-state index contributed by atoms with van der Waals surface area (Å²) in [5.41, 5.74) is 8.64. The van der Waals surface area contributed by atoms with Crippen LogP contribution < -0.4 is 5.73 Å². The largest absolute Gasteiger partial charge is 0.397 e. The first-order valence-corrected chi connectivity index (χ1v) is 5.31. The van der Waals surface area contributed by atoms with Crippen LogP contribution in [0.1, 0.15) is 0 Å². The van der Waals surface area contributed by atoms with E-state index in [0.29, 0.717) is 5.69 Å². The minimum Gasteiger partial charge on any atom is -0.397 e. The monoisotopic (exact) mass is 296 g/mol. The van der Waals surface area contributed by atoms with Crippen LogP contribution >= 0.6 is 22.6 Å². The normalized spacial score (nSPS) is 10.1. The average Bonchev–Trinajstić information content (AvgIpc) is 2.23. The Balaban J connectivity index is 2.57. The lowest BCUT2D eigenvalue weighted by molar-refractivity contribution is 1.28. The maximum Gasteiger partial charge on any atom is 0.109 e. The highest BCUT2D eigenvalue weighted by atomic mass is 127. The Hall–Kier alpha value is -1.10. The zero-order valence-electron chi connectivity index (χ0n) is 7.44. The van der Waals surface area contributed by atoms with Gasteiger partial charge in [0.05, 0.1) is 11.9 Å². The van der Waals surface area contributed by atoms with Gasteiger partial charge >= 0.3 is 0 Å². The van der Waals surface area contributed by atoms with Crippen LogP contribution in [0.4, 0.5) is 5.69 Å². The average molecular weight is 296 g/mol. The summed E-state index contributed by atoms with van der Waals surface area (Å²) >= 11 is 2.21. The number of anilines is 1. The van der Waals surface area contributed by atoms with Gasteiger partial charge < -0.3 is 5.73 Å². The molecule has 0 amide bonds. The Morgan fingerprint density at radius 2 is 1.86 bits per heavy atom. The number of hydrogen-bond acceptors (Lipinski definition) is 2. The van der Waals surface area contributed by atoms with Gasteiger partial charge in [0.1, 0.15) is 3.70 Å². The first-order valence-electron chi connectivity index (χ1n) is 4.24. The molecule has 1 aromatic heterocycles. The molecule has 0 atom stereocenters. The van der Waals surface area contributed by atoms with E-state index in [0.717, 1.165) is 14.8 Å². The molecule has 0 bridgehead atoms. The Kier molecular flexibility index (Phi) is 2.67. The molecule has 0 fully saturated rings. The van der Waals surface area contributed by atoms with Crippen molar-refractivity contribution in [2.75, 3.05) is 5.73 Å². The van der Waals surface area contributed by atoms with Crippen molar-refractivity contribution in [2.24, 2.45) is 0 Å². The summed E-state index contributed by atoms with van der Waals surface area (Å²) in [6.07, 6.45) is 1.67. The Morgan fingerprint density at radius 1 is 1.14 bits per heavy atom. The molecule has 2 aromatic rings. The topological polar surface area (TPSA) is 38.9 Å². The fourth-order valence-electron chi connectivity index (χ4n) is 1.28. The second-order valence-electron chi connectivity index (χ2n) is 2.97. The van der Waals surface area contributed by atoms with Crippen LogP contribution in [0.15, 0.2) is 42.6 Å². The number of hydrogen-bond donors (Lipinski definition) is 1. The SMILES string of the molecule is Nc1cnc(I)c(-c2ccccc2)c1. The van der Waals surface area contributed by atoms with Gasteiger partial charge in [-0.25, -0.2) is 4.98 Å². The Morgan fingerprint density at radius 3 is 2.57 bits per heavy atom. The second kappa shape index (κ2) is 3.96. The molecule has 2 N–H and O–H groups in total. The van der Waals surface area contributed by atoms with E-state index in [1.54, 1.807) is 6.20 Å². The van der Waals surface area contributed by atoms with Gasteiger partial charge in [0.25, 0.3) is 0 Å². The van der Waals surface area contributed by atoms with E-state index in [2.05, 4.69) is 39.7 Å². The summed E-state index contributed by atoms with van der Waals surface area (Å²) in [6.45, 7) is 0. The molecule has 0 aliphatic heterocycles. The highest BCUT2D eigenvalue weighted by Gasteiger charge is 2.03. The highest BCUT2D eigenvalue weighted by molar-refractivity contribution is 14.1. The number of benzene rings is 1. The summed E-state index contributed by atoms with van der Waals surface area (Å²) in [4.78, 5) is 4.22. The molecule has 14 heavy (non-hydrogen) atoms. The van der Waals surface area contributed by atoms with Crippen molar-refractivity contribution in [3.8, 4) is 11.1 Å². The van der Waals surface area contributed by atoms with Crippen LogP contribution in [0.25, 0.3) is 11.1 Å². The van der Waals surface area contributed by atoms with Gasteiger partial charge in [-0.2, -0.15) is 0 Å². The minimum atomic E-state index is 0.698. The number of nitrogens with two attached hydrogens (primary N) is 1. The quantitative estimate of drug-likeness (QED) is 0.649. The fraction of sp³-hybridized carbons (Fsp3) is 0. The molecule has 0 saturated heterocycles. The first-order chi connectivity index (χ1) is 6.77. The molecular weight excluding hydrogens is 287 g/mol. The molecular formula is C11H9IN2. The molecule has 1 aromatic carbocycles. The molecule has 2 nitrogen and oxygen atoms in total. The van der Waals surface area contributed by atoms with E-state index in [-0.39, 0.29) is 0 Å². The Labute approximate surface area is 96.3 Å². The van der Waals surface area contributed by atoms with Gasteiger partial charge in [0, 0.05) is 5.56 Å². The van der Waals surface area contributed by atoms with Crippen molar-refractivity contribution in [1.82, 2.24) is 4.98 Å². The fourth-order valence-corrected chi connectivity index (χ4v) is 1.89. The Bertz CT molecular complexity index is 440. The lowest BCUT2D eigenvalue weighted by atomic mass is 10.1. The first kappa shape index (κ1) is 9.45. The van der Waals surface area contributed by atoms with Gasteiger partial charge in [0.2, 0.25) is 0 Å². The number of halogens is 1. The van der Waals surface area contributed by atoms with E-state index in [1.165, 1.54) is 0 Å². The van der Waals surface area contributed by atoms with Crippen LogP contribution in [0.3, 0.4) is 0 Å². The zero-order chi connectivity index (χ0) is 9.97. The van der Waals surface area contributed by atoms with Crippen LogP contribution in [-0.4, -0.2) is 4.98 Å². The summed E-state index contributed by atoms with van der Waals surface area (Å²) in [6, 6.07) is 12.1. The molecule has 2 rings (SSSR count). The van der Waals surface area contributed by atoms with Gasteiger partial charge in [-0.05, 0) is 34.2 Å². The van der Waals surface area contributed by atoms with Gasteiger partial charge in [-0.3, -0.25) is 0 Å². The molecule has 0 aliphatic rings. The minimum absolute atomic E-state index is 0.698. The predicted molar refractivity (Wildman–Crippen MR) is 66.8 cm³/mol. The lowest BCUT2D eigenvalue weighted by Gasteiger charge is -2.04. The van der Waals surface area contributed by atoms with E-state index in [9.17, 15) is 0 Å². The maximum atomic E-state index is 5.70. The molecule has 70 valence electrons. The molecule has 0 saturated carbocycles. The molecule has 0 radical (unpaired) electrons. The second-order valence-corrected chi connectivity index (χ2v) is 3.99. The van der Waals surface area contributed by atoms with Crippen molar-refractivity contribution in [1.29, 1.82) is 0 Å². The smallest absolute Gasteiger partial charge is 0.109 e. The third kappa shape index (κ3) is 1.87. The standard InChI is InChI=1S/C11H9IN2/c12-11-10(6-9(13)7-14-11)8-4-2-1-3-5-8/h1-7H,13H2. The molecule has 1 heterocycles. The van der Waals surface area contributed by atoms with Crippen molar-refractivity contribution < 1.29 is 0 Å². The van der Waals surface area contributed by atoms with E-state index >= 15 is 0 Å². The molecule has 0 unspecified atom stereocenters. The van der Waals surface area contributed by atoms with Crippen molar-refractivity contribution in [3.05, 3.63) is 46.3 Å². The van der Waals surface area contributed by atoms with Gasteiger partial charge in [-0.1, -0.05) is 30.3 Å². The number of aromatic nitrogens is 1. The number of pyridine rings is 1. The van der Waals surface area contributed by atoms with Crippen molar-refractivity contribution in [2.45, 2.75) is 0 Å². The summed E-state index contributed by atoms with van der Waals surface area (Å²) < 4.78 is 0.975. The van der Waals surface area contributed by atoms with Crippen LogP contribution in [0, 0.1) is 3.70 Å². The van der Waals surface area contributed by atoms with Crippen molar-refractivity contribution >= 4 is 28.3 Å². The molecule has 0 spiro atoms. The van der Waals surface area contributed by atoms with Crippen LogP contribution in [-0.2, 0) is 0 Å².